The number of carbonyl (C=O) groups is 1. The fourth-order valence-electron chi connectivity index (χ4n) is 1.84. The topological polar surface area (TPSA) is 46.9 Å². The summed E-state index contributed by atoms with van der Waals surface area (Å²) in [5, 5.41) is 7.69. The maximum absolute atomic E-state index is 12.0. The van der Waals surface area contributed by atoms with Crippen molar-refractivity contribution in [3.63, 3.8) is 0 Å². The lowest BCUT2D eigenvalue weighted by Crippen LogP contribution is -2.20. The Hall–Kier alpha value is -1.33. The fourth-order valence-corrected chi connectivity index (χ4v) is 2.35. The van der Waals surface area contributed by atoms with Crippen molar-refractivity contribution >= 4 is 39.1 Å². The van der Waals surface area contributed by atoms with E-state index in [0.717, 1.165) is 27.1 Å². The van der Waals surface area contributed by atoms with Crippen molar-refractivity contribution in [2.75, 3.05) is 5.32 Å². The Morgan fingerprint density at radius 2 is 2.10 bits per heavy atom. The first-order valence-corrected chi connectivity index (χ1v) is 7.31. The number of amides is 1. The second kappa shape index (κ2) is 5.97. The van der Waals surface area contributed by atoms with Crippen LogP contribution in [-0.2, 0) is 11.3 Å². The molecular weight excluding hydrogens is 342 g/mol. The summed E-state index contributed by atoms with van der Waals surface area (Å²) >= 11 is 9.50. The number of hydrogen-bond acceptors (Lipinski definition) is 2. The van der Waals surface area contributed by atoms with E-state index in [2.05, 4.69) is 26.3 Å². The van der Waals surface area contributed by atoms with Gasteiger partial charge in [0.2, 0.25) is 5.91 Å². The molecule has 6 heteroatoms. The zero-order chi connectivity index (χ0) is 14.9. The minimum atomic E-state index is -0.136. The lowest BCUT2D eigenvalue weighted by molar-refractivity contribution is -0.116. The number of nitrogens with one attached hydrogen (secondary N) is 1. The van der Waals surface area contributed by atoms with Crippen LogP contribution in [0.15, 0.2) is 22.7 Å². The summed E-state index contributed by atoms with van der Waals surface area (Å²) in [7, 11) is 0. The Kier molecular flexibility index (Phi) is 4.50. The third kappa shape index (κ3) is 3.22. The summed E-state index contributed by atoms with van der Waals surface area (Å²) in [5.74, 6) is -0.136. The minimum Gasteiger partial charge on any atom is -0.324 e. The zero-order valence-corrected chi connectivity index (χ0v) is 13.8. The lowest BCUT2D eigenvalue weighted by Gasteiger charge is -2.08. The predicted octanol–water partition coefficient (Wildman–Crippen LogP) is 3.86. The van der Waals surface area contributed by atoms with Crippen LogP contribution >= 0.6 is 27.5 Å². The number of halogens is 2. The van der Waals surface area contributed by atoms with Crippen LogP contribution in [0.25, 0.3) is 0 Å². The molecular formula is C14H15BrClN3O. The van der Waals surface area contributed by atoms with Crippen LogP contribution in [0, 0.1) is 20.8 Å². The van der Waals surface area contributed by atoms with Gasteiger partial charge in [0.05, 0.1) is 16.4 Å². The largest absolute Gasteiger partial charge is 0.324 e. The Morgan fingerprint density at radius 1 is 1.40 bits per heavy atom. The van der Waals surface area contributed by atoms with Crippen LogP contribution in [0.2, 0.25) is 5.02 Å². The number of aryl methyl sites for hydroxylation is 2. The molecule has 1 heterocycles. The fraction of sp³-hybridized carbons (Fsp3) is 0.286. The number of nitrogens with zero attached hydrogens (tertiary/aromatic N) is 2. The molecule has 0 atom stereocenters. The normalized spacial score (nSPS) is 10.7. The number of hydrogen-bond donors (Lipinski definition) is 1. The summed E-state index contributed by atoms with van der Waals surface area (Å²) < 4.78 is 2.57. The molecule has 106 valence electrons. The molecule has 0 aliphatic heterocycles. The Balaban J connectivity index is 2.09. The zero-order valence-electron chi connectivity index (χ0n) is 11.5. The van der Waals surface area contributed by atoms with Gasteiger partial charge in [-0.2, -0.15) is 5.10 Å². The van der Waals surface area contributed by atoms with Crippen molar-refractivity contribution in [2.45, 2.75) is 27.3 Å². The van der Waals surface area contributed by atoms with E-state index in [1.165, 1.54) is 0 Å². The highest BCUT2D eigenvalue weighted by molar-refractivity contribution is 9.10. The van der Waals surface area contributed by atoms with Crippen molar-refractivity contribution in [2.24, 2.45) is 0 Å². The Morgan fingerprint density at radius 3 is 2.65 bits per heavy atom. The monoisotopic (exact) mass is 355 g/mol. The molecule has 4 nitrogen and oxygen atoms in total. The van der Waals surface area contributed by atoms with Crippen LogP contribution in [0.3, 0.4) is 0 Å². The lowest BCUT2D eigenvalue weighted by atomic mass is 10.2. The predicted molar refractivity (Wildman–Crippen MR) is 84.2 cm³/mol. The van der Waals surface area contributed by atoms with Gasteiger partial charge in [-0.15, -0.1) is 0 Å². The average Bonchev–Trinajstić information content (AvgIpc) is 2.61. The standard InChI is InChI=1S/C14H15BrClN3O/c1-8-4-5-11(6-12(8)15)17-13(20)7-19-10(3)14(16)9(2)18-19/h4-6H,7H2,1-3H3,(H,17,20). The molecule has 0 saturated carbocycles. The maximum Gasteiger partial charge on any atom is 0.246 e. The summed E-state index contributed by atoms with van der Waals surface area (Å²) in [6.45, 7) is 5.80. The number of aromatic nitrogens is 2. The third-order valence-electron chi connectivity index (χ3n) is 3.04. The van der Waals surface area contributed by atoms with E-state index in [1.54, 1.807) is 4.68 Å². The molecule has 0 unspecified atom stereocenters. The molecule has 0 aliphatic rings. The average molecular weight is 357 g/mol. The van der Waals surface area contributed by atoms with E-state index in [9.17, 15) is 4.79 Å². The van der Waals surface area contributed by atoms with Gasteiger partial charge in [-0.3, -0.25) is 9.48 Å². The second-order valence-electron chi connectivity index (χ2n) is 4.65. The van der Waals surface area contributed by atoms with Crippen LogP contribution in [0.4, 0.5) is 5.69 Å². The SMILES string of the molecule is Cc1ccc(NC(=O)Cn2nc(C)c(Cl)c2C)cc1Br. The second-order valence-corrected chi connectivity index (χ2v) is 5.89. The minimum absolute atomic E-state index is 0.136. The first-order valence-electron chi connectivity index (χ1n) is 6.14. The van der Waals surface area contributed by atoms with Gasteiger partial charge in [0.1, 0.15) is 6.54 Å². The molecule has 0 spiro atoms. The van der Waals surface area contributed by atoms with Gasteiger partial charge in [-0.25, -0.2) is 0 Å². The first kappa shape index (κ1) is 15.1. The molecule has 1 N–H and O–H groups in total. The number of benzene rings is 1. The van der Waals surface area contributed by atoms with Gasteiger partial charge in [-0.1, -0.05) is 33.6 Å². The smallest absolute Gasteiger partial charge is 0.246 e. The van der Waals surface area contributed by atoms with E-state index in [1.807, 2.05) is 39.0 Å². The van der Waals surface area contributed by atoms with Crippen molar-refractivity contribution in [1.82, 2.24) is 9.78 Å². The summed E-state index contributed by atoms with van der Waals surface area (Å²) in [6, 6.07) is 5.69. The van der Waals surface area contributed by atoms with Gasteiger partial charge in [-0.05, 0) is 38.5 Å². The van der Waals surface area contributed by atoms with Crippen LogP contribution < -0.4 is 5.32 Å². The number of rotatable bonds is 3. The van der Waals surface area contributed by atoms with Crippen LogP contribution in [-0.4, -0.2) is 15.7 Å². The van der Waals surface area contributed by atoms with Crippen molar-refractivity contribution < 1.29 is 4.79 Å². The van der Waals surface area contributed by atoms with Crippen molar-refractivity contribution in [3.05, 3.63) is 44.6 Å². The van der Waals surface area contributed by atoms with Gasteiger partial charge in [0.15, 0.2) is 0 Å². The molecule has 1 amide bonds. The Labute approximate surface area is 131 Å². The van der Waals surface area contributed by atoms with Gasteiger partial charge >= 0.3 is 0 Å². The van der Waals surface area contributed by atoms with Crippen molar-refractivity contribution in [3.8, 4) is 0 Å². The summed E-state index contributed by atoms with van der Waals surface area (Å²) in [6.07, 6.45) is 0. The van der Waals surface area contributed by atoms with E-state index in [4.69, 9.17) is 11.6 Å². The number of anilines is 1. The highest BCUT2D eigenvalue weighted by atomic mass is 79.9. The van der Waals surface area contributed by atoms with Gasteiger partial charge in [0, 0.05) is 10.2 Å². The first-order chi connectivity index (χ1) is 9.38. The molecule has 0 aliphatic carbocycles. The van der Waals surface area contributed by atoms with Gasteiger partial charge in [0.25, 0.3) is 0 Å². The van der Waals surface area contributed by atoms with Gasteiger partial charge < -0.3 is 5.32 Å². The third-order valence-corrected chi connectivity index (χ3v) is 4.44. The number of carbonyl (C=O) groups excluding carboxylic acids is 1. The molecule has 2 rings (SSSR count). The maximum atomic E-state index is 12.0. The van der Waals surface area contributed by atoms with E-state index >= 15 is 0 Å². The molecule has 2 aromatic rings. The van der Waals surface area contributed by atoms with Crippen molar-refractivity contribution in [1.29, 1.82) is 0 Å². The molecule has 0 fully saturated rings. The van der Waals surface area contributed by atoms with E-state index in [-0.39, 0.29) is 12.5 Å². The highest BCUT2D eigenvalue weighted by Gasteiger charge is 2.12. The molecule has 0 radical (unpaired) electrons. The molecule has 1 aromatic heterocycles. The molecule has 0 bridgehead atoms. The molecule has 20 heavy (non-hydrogen) atoms. The molecule has 0 saturated heterocycles. The molecule has 1 aromatic carbocycles. The quantitative estimate of drug-likeness (QED) is 0.907. The van der Waals surface area contributed by atoms with E-state index < -0.39 is 0 Å². The highest BCUT2D eigenvalue weighted by Crippen LogP contribution is 2.21. The summed E-state index contributed by atoms with van der Waals surface area (Å²) in [4.78, 5) is 12.0. The van der Waals surface area contributed by atoms with Crippen LogP contribution in [0.1, 0.15) is 17.0 Å². The Bertz CT molecular complexity index is 667. The summed E-state index contributed by atoms with van der Waals surface area (Å²) in [5.41, 5.74) is 3.40. The van der Waals surface area contributed by atoms with Crippen LogP contribution in [0.5, 0.6) is 0 Å². The van der Waals surface area contributed by atoms with E-state index in [0.29, 0.717) is 5.02 Å².